The van der Waals surface area contributed by atoms with E-state index in [4.69, 9.17) is 23.2 Å². The van der Waals surface area contributed by atoms with Crippen LogP contribution in [0, 0.1) is 5.92 Å². The van der Waals surface area contributed by atoms with Gasteiger partial charge in [-0.1, -0.05) is 23.2 Å². The van der Waals surface area contributed by atoms with E-state index in [0.29, 0.717) is 22.4 Å². The van der Waals surface area contributed by atoms with Gasteiger partial charge in [0, 0.05) is 23.0 Å². The summed E-state index contributed by atoms with van der Waals surface area (Å²) in [6.45, 7) is 4.96. The molecule has 22 heavy (non-hydrogen) atoms. The topological polar surface area (TPSA) is 32.3 Å². The predicted molar refractivity (Wildman–Crippen MR) is 90.5 cm³/mol. The van der Waals surface area contributed by atoms with Crippen molar-refractivity contribution in [1.29, 1.82) is 0 Å². The maximum atomic E-state index is 12.6. The van der Waals surface area contributed by atoms with Crippen LogP contribution in [0.25, 0.3) is 0 Å². The van der Waals surface area contributed by atoms with Crippen molar-refractivity contribution in [3.05, 3.63) is 33.3 Å². The van der Waals surface area contributed by atoms with Crippen molar-refractivity contribution in [2.24, 2.45) is 5.92 Å². The molecule has 1 amide bonds. The normalized spacial score (nSPS) is 24.4. The summed E-state index contributed by atoms with van der Waals surface area (Å²) in [5.41, 5.74) is 2.24. The minimum atomic E-state index is 0.0303. The summed E-state index contributed by atoms with van der Waals surface area (Å²) in [5.74, 6) is 0.898. The van der Waals surface area contributed by atoms with Gasteiger partial charge in [0.2, 0.25) is 5.91 Å². The maximum absolute atomic E-state index is 12.6. The Balaban J connectivity index is 1.69. The van der Waals surface area contributed by atoms with Crippen LogP contribution < -0.4 is 5.32 Å². The lowest BCUT2D eigenvalue weighted by molar-refractivity contribution is -0.134. The van der Waals surface area contributed by atoms with Crippen molar-refractivity contribution >= 4 is 29.1 Å². The van der Waals surface area contributed by atoms with Crippen molar-refractivity contribution < 1.29 is 4.79 Å². The van der Waals surface area contributed by atoms with Crippen LogP contribution in [-0.2, 0) is 11.2 Å². The van der Waals surface area contributed by atoms with Crippen molar-refractivity contribution in [3.8, 4) is 0 Å². The van der Waals surface area contributed by atoms with E-state index in [1.54, 1.807) is 6.07 Å². The summed E-state index contributed by atoms with van der Waals surface area (Å²) in [5, 5.41) is 4.70. The highest BCUT2D eigenvalue weighted by Crippen LogP contribution is 2.37. The Labute approximate surface area is 142 Å². The van der Waals surface area contributed by atoms with E-state index in [1.807, 2.05) is 11.0 Å². The summed E-state index contributed by atoms with van der Waals surface area (Å²) >= 11 is 12.4. The van der Waals surface area contributed by atoms with Crippen LogP contribution in [0.15, 0.2) is 12.1 Å². The van der Waals surface area contributed by atoms with Gasteiger partial charge in [0.25, 0.3) is 0 Å². The molecule has 2 aliphatic heterocycles. The van der Waals surface area contributed by atoms with Crippen molar-refractivity contribution in [2.45, 2.75) is 38.6 Å². The highest BCUT2D eigenvalue weighted by Gasteiger charge is 2.30. The Hall–Kier alpha value is -0.770. The molecule has 3 nitrogen and oxygen atoms in total. The second-order valence-electron chi connectivity index (χ2n) is 6.37. The lowest BCUT2D eigenvalue weighted by atomic mass is 9.92. The van der Waals surface area contributed by atoms with Crippen LogP contribution in [0.5, 0.6) is 0 Å². The molecule has 2 aliphatic rings. The molecule has 1 N–H and O–H groups in total. The Morgan fingerprint density at radius 1 is 1.41 bits per heavy atom. The lowest BCUT2D eigenvalue weighted by Gasteiger charge is -2.36. The summed E-state index contributed by atoms with van der Waals surface area (Å²) in [6, 6.07) is 3.78. The molecular formula is C17H22Cl2N2O. The maximum Gasteiger partial charge on any atom is 0.223 e. The zero-order chi connectivity index (χ0) is 15.7. The molecule has 0 aromatic heterocycles. The molecule has 1 aromatic carbocycles. The molecule has 120 valence electrons. The van der Waals surface area contributed by atoms with Gasteiger partial charge in [-0.2, -0.15) is 0 Å². The third-order valence-electron chi connectivity index (χ3n) is 4.94. The number of halogens is 2. The Morgan fingerprint density at radius 3 is 2.95 bits per heavy atom. The summed E-state index contributed by atoms with van der Waals surface area (Å²) in [6.07, 6.45) is 3.64. The van der Waals surface area contributed by atoms with Crippen LogP contribution in [-0.4, -0.2) is 30.4 Å². The molecular weight excluding hydrogens is 319 g/mol. The molecule has 5 heteroatoms. The van der Waals surface area contributed by atoms with Gasteiger partial charge in [-0.3, -0.25) is 4.79 Å². The fraction of sp³-hybridized carbons (Fsp3) is 0.588. The molecule has 0 saturated carbocycles. The number of carbonyl (C=O) groups excluding carboxylic acids is 1. The van der Waals surface area contributed by atoms with E-state index in [2.05, 4.69) is 12.2 Å². The summed E-state index contributed by atoms with van der Waals surface area (Å²) in [4.78, 5) is 14.6. The minimum absolute atomic E-state index is 0.0303. The van der Waals surface area contributed by atoms with Crippen LogP contribution >= 0.6 is 23.2 Å². The smallest absolute Gasteiger partial charge is 0.223 e. The number of hydrogen-bond acceptors (Lipinski definition) is 2. The van der Waals surface area contributed by atoms with E-state index >= 15 is 0 Å². The van der Waals surface area contributed by atoms with Crippen LogP contribution in [0.4, 0.5) is 0 Å². The highest BCUT2D eigenvalue weighted by molar-refractivity contribution is 6.35. The van der Waals surface area contributed by atoms with Crippen LogP contribution in [0.1, 0.15) is 43.4 Å². The molecule has 0 bridgehead atoms. The van der Waals surface area contributed by atoms with Crippen molar-refractivity contribution in [2.75, 3.05) is 19.6 Å². The van der Waals surface area contributed by atoms with Crippen molar-refractivity contribution in [1.82, 2.24) is 10.2 Å². The largest absolute Gasteiger partial charge is 0.336 e. The molecule has 2 heterocycles. The summed E-state index contributed by atoms with van der Waals surface area (Å²) in [7, 11) is 0. The number of benzene rings is 1. The number of nitrogens with one attached hydrogen (secondary N) is 1. The molecule has 1 fully saturated rings. The molecule has 0 spiro atoms. The molecule has 0 aliphatic carbocycles. The average molecular weight is 341 g/mol. The monoisotopic (exact) mass is 340 g/mol. The number of carbonyl (C=O) groups is 1. The molecule has 2 atom stereocenters. The van der Waals surface area contributed by atoms with Gasteiger partial charge in [0.1, 0.15) is 0 Å². The zero-order valence-corrected chi connectivity index (χ0v) is 14.4. The standard InChI is InChI=1S/C17H22Cl2N2O/c1-11-17-13(8-14(18)9-15(17)19)5-7-21(11)16(22)3-2-12-4-6-20-10-12/h8-9,11-12,20H,2-7,10H2,1H3. The third-order valence-corrected chi connectivity index (χ3v) is 5.47. The average Bonchev–Trinajstić information content (AvgIpc) is 2.97. The second-order valence-corrected chi connectivity index (χ2v) is 7.21. The van der Waals surface area contributed by atoms with Gasteiger partial charge in [0.15, 0.2) is 0 Å². The first-order chi connectivity index (χ1) is 10.6. The molecule has 2 unspecified atom stereocenters. The van der Waals surface area contributed by atoms with E-state index in [9.17, 15) is 4.79 Å². The second kappa shape index (κ2) is 6.77. The van der Waals surface area contributed by atoms with Gasteiger partial charge in [-0.05, 0) is 68.5 Å². The predicted octanol–water partition coefficient (Wildman–Crippen LogP) is 3.83. The van der Waals surface area contributed by atoms with E-state index in [1.165, 1.54) is 12.0 Å². The molecule has 0 radical (unpaired) electrons. The SMILES string of the molecule is CC1c2c(Cl)cc(Cl)cc2CCN1C(=O)CCC1CCNC1. The van der Waals surface area contributed by atoms with E-state index < -0.39 is 0 Å². The first-order valence-electron chi connectivity index (χ1n) is 8.04. The van der Waals surface area contributed by atoms with Gasteiger partial charge < -0.3 is 10.2 Å². The third kappa shape index (κ3) is 3.27. The van der Waals surface area contributed by atoms with Gasteiger partial charge in [-0.25, -0.2) is 0 Å². The minimum Gasteiger partial charge on any atom is -0.336 e. The number of hydrogen-bond donors (Lipinski definition) is 1. The number of amides is 1. The van der Waals surface area contributed by atoms with Gasteiger partial charge >= 0.3 is 0 Å². The number of fused-ring (bicyclic) bond motifs is 1. The first-order valence-corrected chi connectivity index (χ1v) is 8.80. The van der Waals surface area contributed by atoms with E-state index in [-0.39, 0.29) is 11.9 Å². The molecule has 1 saturated heterocycles. The number of nitrogens with zero attached hydrogens (tertiary/aromatic N) is 1. The van der Waals surface area contributed by atoms with Gasteiger partial charge in [0.05, 0.1) is 6.04 Å². The summed E-state index contributed by atoms with van der Waals surface area (Å²) < 4.78 is 0. The fourth-order valence-electron chi connectivity index (χ4n) is 3.68. The quantitative estimate of drug-likeness (QED) is 0.906. The lowest BCUT2D eigenvalue weighted by Crippen LogP contribution is -2.39. The van der Waals surface area contributed by atoms with Crippen LogP contribution in [0.3, 0.4) is 0 Å². The van der Waals surface area contributed by atoms with Crippen LogP contribution in [0.2, 0.25) is 10.0 Å². The first kappa shape index (κ1) is 16.1. The fourth-order valence-corrected chi connectivity index (χ4v) is 4.37. The highest BCUT2D eigenvalue weighted by atomic mass is 35.5. The zero-order valence-electron chi connectivity index (χ0n) is 12.9. The Kier molecular flexibility index (Phi) is 4.96. The molecule has 1 aromatic rings. The Morgan fingerprint density at radius 2 is 2.23 bits per heavy atom. The Bertz CT molecular complexity index is 570. The number of rotatable bonds is 3. The van der Waals surface area contributed by atoms with Gasteiger partial charge in [-0.15, -0.1) is 0 Å². The van der Waals surface area contributed by atoms with Crippen molar-refractivity contribution in [3.63, 3.8) is 0 Å². The molecule has 3 rings (SSSR count). The van der Waals surface area contributed by atoms with E-state index in [0.717, 1.165) is 38.0 Å².